The highest BCUT2D eigenvalue weighted by Crippen LogP contribution is 1.81. The van der Waals surface area contributed by atoms with Crippen molar-refractivity contribution in [2.75, 3.05) is 6.61 Å². The van der Waals surface area contributed by atoms with E-state index in [1.807, 2.05) is 0 Å². The van der Waals surface area contributed by atoms with Crippen LogP contribution in [-0.4, -0.2) is 42.4 Å². The summed E-state index contributed by atoms with van der Waals surface area (Å²) in [6, 6.07) is 0. The lowest BCUT2D eigenvalue weighted by molar-refractivity contribution is 0.0466. The largest absolute Gasteiger partial charge is 0.505 e. The maximum Gasteiger partial charge on any atom is 0.505 e. The van der Waals surface area contributed by atoms with Crippen LogP contribution in [0.4, 0.5) is 4.79 Å². The summed E-state index contributed by atoms with van der Waals surface area (Å²) < 4.78 is 26.8. The fourth-order valence-electron chi connectivity index (χ4n) is 0.192. The molecule has 1 unspecified atom stereocenters. The van der Waals surface area contributed by atoms with Crippen LogP contribution >= 0.6 is 0 Å². The topological polar surface area (TPSA) is 124 Å². The van der Waals surface area contributed by atoms with Gasteiger partial charge in [0.2, 0.25) is 0 Å². The number of hydrogen-bond acceptors (Lipinski definition) is 4. The molecule has 0 aromatic rings. The summed E-state index contributed by atoms with van der Waals surface area (Å²) in [4.78, 5) is 9.57. The number of rotatable bonds is 2. The van der Waals surface area contributed by atoms with Gasteiger partial charge in [-0.1, -0.05) is 0 Å². The van der Waals surface area contributed by atoms with Crippen molar-refractivity contribution >= 4 is 17.5 Å². The van der Waals surface area contributed by atoms with Gasteiger partial charge in [0.05, 0.1) is 6.10 Å². The van der Waals surface area contributed by atoms with Crippen molar-refractivity contribution in [1.29, 1.82) is 0 Å². The van der Waals surface area contributed by atoms with E-state index in [1.54, 1.807) is 0 Å². The van der Waals surface area contributed by atoms with Crippen molar-refractivity contribution in [2.24, 2.45) is 0 Å². The molecule has 0 rings (SSSR count). The summed E-state index contributed by atoms with van der Waals surface area (Å²) >= 11 is -2.61. The van der Waals surface area contributed by atoms with Crippen LogP contribution in [0.2, 0.25) is 0 Å². The van der Waals surface area contributed by atoms with Gasteiger partial charge in [0.15, 0.2) is 0 Å². The third-order valence-electron chi connectivity index (χ3n) is 0.448. The van der Waals surface area contributed by atoms with Crippen molar-refractivity contribution in [3.05, 3.63) is 0 Å². The van der Waals surface area contributed by atoms with Gasteiger partial charge in [0.25, 0.3) is 11.4 Å². The molecule has 1 atom stereocenters. The van der Waals surface area contributed by atoms with E-state index in [-0.39, 0.29) is 6.61 Å². The molecule has 74 valence electrons. The van der Waals surface area contributed by atoms with Gasteiger partial charge >= 0.3 is 6.16 Å². The van der Waals surface area contributed by atoms with Crippen molar-refractivity contribution in [1.82, 2.24) is 0 Å². The molecular formula is C4H10O7S. The van der Waals surface area contributed by atoms with Crippen LogP contribution in [-0.2, 0) is 16.1 Å². The van der Waals surface area contributed by atoms with Crippen LogP contribution in [0.25, 0.3) is 0 Å². The molecular weight excluding hydrogens is 192 g/mol. The standard InChI is InChI=1S/C4H8O4.H2O3S/c1-3(5)2-8-4(6)7;1-4(2)3/h3,5H,2H2,1H3,(H,6,7);(H2,1,2,3). The lowest BCUT2D eigenvalue weighted by Gasteiger charge is -2.00. The summed E-state index contributed by atoms with van der Waals surface area (Å²) in [6.45, 7) is 1.29. The second-order valence-corrected chi connectivity index (χ2v) is 2.12. The maximum atomic E-state index is 9.57. The fraction of sp³-hybridized carbons (Fsp3) is 0.750. The molecule has 0 amide bonds. The summed E-state index contributed by atoms with van der Waals surface area (Å²) in [5, 5.41) is 16.2. The van der Waals surface area contributed by atoms with E-state index in [0.717, 1.165) is 0 Å². The number of ether oxygens (including phenoxy) is 1. The van der Waals surface area contributed by atoms with E-state index in [0.29, 0.717) is 0 Å². The molecule has 0 aromatic heterocycles. The molecule has 0 radical (unpaired) electrons. The predicted molar refractivity (Wildman–Crippen MR) is 39.1 cm³/mol. The molecule has 4 N–H and O–H groups in total. The summed E-state index contributed by atoms with van der Waals surface area (Å²) in [7, 11) is 0. The fourth-order valence-corrected chi connectivity index (χ4v) is 0.192. The zero-order valence-corrected chi connectivity index (χ0v) is 7.02. The van der Waals surface area contributed by atoms with Crippen LogP contribution in [0, 0.1) is 0 Å². The van der Waals surface area contributed by atoms with Gasteiger partial charge in [-0.2, -0.15) is 4.21 Å². The second-order valence-electron chi connectivity index (χ2n) is 1.66. The lowest BCUT2D eigenvalue weighted by atomic mass is 10.5. The normalized spacial score (nSPS) is 11.4. The van der Waals surface area contributed by atoms with Gasteiger partial charge in [-0.05, 0) is 6.92 Å². The molecule has 0 aromatic carbocycles. The monoisotopic (exact) mass is 202 g/mol. The highest BCUT2D eigenvalue weighted by atomic mass is 32.2. The third-order valence-corrected chi connectivity index (χ3v) is 0.448. The summed E-state index contributed by atoms with van der Waals surface area (Å²) in [5.41, 5.74) is 0. The molecule has 0 bridgehead atoms. The maximum absolute atomic E-state index is 9.57. The number of carbonyl (C=O) groups is 1. The first-order chi connectivity index (χ1) is 5.36. The van der Waals surface area contributed by atoms with E-state index in [1.165, 1.54) is 6.92 Å². The molecule has 7 nitrogen and oxygen atoms in total. The molecule has 0 heterocycles. The van der Waals surface area contributed by atoms with Gasteiger partial charge in [-0.15, -0.1) is 0 Å². The molecule has 0 spiro atoms. The van der Waals surface area contributed by atoms with Gasteiger partial charge in [-0.25, -0.2) is 4.79 Å². The average Bonchev–Trinajstić information content (AvgIpc) is 1.82. The highest BCUT2D eigenvalue weighted by Gasteiger charge is 1.98. The van der Waals surface area contributed by atoms with Crippen molar-refractivity contribution in [3.63, 3.8) is 0 Å². The SMILES string of the molecule is CC(O)COC(=O)O.O=S(O)O. The average molecular weight is 202 g/mol. The molecule has 0 fully saturated rings. The van der Waals surface area contributed by atoms with Crippen LogP contribution in [0.5, 0.6) is 0 Å². The Morgan fingerprint density at radius 1 is 1.58 bits per heavy atom. The number of hydrogen-bond donors (Lipinski definition) is 4. The zero-order valence-electron chi connectivity index (χ0n) is 6.21. The molecule has 0 aliphatic carbocycles. The van der Waals surface area contributed by atoms with Gasteiger partial charge in [-0.3, -0.25) is 9.11 Å². The van der Waals surface area contributed by atoms with Gasteiger partial charge < -0.3 is 14.9 Å². The quantitative estimate of drug-likeness (QED) is 0.359. The Morgan fingerprint density at radius 2 is 1.92 bits per heavy atom. The minimum Gasteiger partial charge on any atom is -0.450 e. The van der Waals surface area contributed by atoms with Crippen LogP contribution in [0.15, 0.2) is 0 Å². The van der Waals surface area contributed by atoms with E-state index in [2.05, 4.69) is 4.74 Å². The van der Waals surface area contributed by atoms with E-state index in [9.17, 15) is 4.79 Å². The number of aliphatic hydroxyl groups excluding tert-OH is 1. The first-order valence-electron chi connectivity index (χ1n) is 2.70. The molecule has 12 heavy (non-hydrogen) atoms. The Kier molecular flexibility index (Phi) is 9.70. The van der Waals surface area contributed by atoms with Crippen LogP contribution < -0.4 is 0 Å². The Bertz CT molecular complexity index is 140. The minimum atomic E-state index is -2.61. The van der Waals surface area contributed by atoms with Crippen molar-refractivity contribution in [3.8, 4) is 0 Å². The second kappa shape index (κ2) is 8.40. The van der Waals surface area contributed by atoms with Gasteiger partial charge in [0.1, 0.15) is 6.61 Å². The first-order valence-corrected chi connectivity index (χ1v) is 3.76. The smallest absolute Gasteiger partial charge is 0.450 e. The van der Waals surface area contributed by atoms with E-state index < -0.39 is 23.6 Å². The van der Waals surface area contributed by atoms with Crippen LogP contribution in [0.3, 0.4) is 0 Å². The highest BCUT2D eigenvalue weighted by molar-refractivity contribution is 7.73. The molecule has 0 aliphatic rings. The number of aliphatic hydroxyl groups is 1. The van der Waals surface area contributed by atoms with E-state index in [4.69, 9.17) is 23.5 Å². The summed E-state index contributed by atoms with van der Waals surface area (Å²) in [5.74, 6) is 0. The molecule has 0 aliphatic heterocycles. The lowest BCUT2D eigenvalue weighted by Crippen LogP contribution is -2.13. The number of carboxylic acid groups (broad SMARTS) is 1. The Morgan fingerprint density at radius 3 is 2.00 bits per heavy atom. The van der Waals surface area contributed by atoms with Crippen molar-refractivity contribution in [2.45, 2.75) is 13.0 Å². The Hall–Kier alpha value is -0.700. The van der Waals surface area contributed by atoms with E-state index >= 15 is 0 Å². The third kappa shape index (κ3) is 34.6. The van der Waals surface area contributed by atoms with Gasteiger partial charge in [0, 0.05) is 0 Å². The van der Waals surface area contributed by atoms with Crippen LogP contribution in [0.1, 0.15) is 6.92 Å². The molecule has 0 saturated carbocycles. The molecule has 8 heteroatoms. The Balaban J connectivity index is 0. The summed E-state index contributed by atoms with van der Waals surface area (Å²) in [6.07, 6.45) is -2.07. The first kappa shape index (κ1) is 13.9. The zero-order chi connectivity index (χ0) is 10.1. The minimum absolute atomic E-state index is 0.157. The Labute approximate surface area is 71.1 Å². The predicted octanol–water partition coefficient (Wildman–Crippen LogP) is -0.257. The van der Waals surface area contributed by atoms with Crippen molar-refractivity contribution < 1.29 is 33.1 Å². The molecule has 0 saturated heterocycles.